The third-order valence-electron chi connectivity index (χ3n) is 4.11. The summed E-state index contributed by atoms with van der Waals surface area (Å²) in [6, 6.07) is 8.96. The van der Waals surface area contributed by atoms with E-state index in [1.807, 2.05) is 0 Å². The zero-order valence-electron chi connectivity index (χ0n) is 12.4. The van der Waals surface area contributed by atoms with E-state index in [4.69, 9.17) is 14.6 Å². The summed E-state index contributed by atoms with van der Waals surface area (Å²) < 4.78 is 37.6. The fourth-order valence-corrected chi connectivity index (χ4v) is 4.44. The van der Waals surface area contributed by atoms with Crippen LogP contribution in [0.15, 0.2) is 41.3 Å². The van der Waals surface area contributed by atoms with Gasteiger partial charge in [0.15, 0.2) is 11.5 Å². The maximum absolute atomic E-state index is 12.9. The molecule has 8 heteroatoms. The van der Waals surface area contributed by atoms with Crippen LogP contribution < -0.4 is 13.8 Å². The van der Waals surface area contributed by atoms with Crippen LogP contribution in [0, 0.1) is 0 Å². The summed E-state index contributed by atoms with van der Waals surface area (Å²) in [6.07, 6.45) is 0.472. The molecule has 0 atom stereocenters. The molecule has 0 amide bonds. The Bertz CT molecular complexity index is 953. The summed E-state index contributed by atoms with van der Waals surface area (Å²) >= 11 is 0. The molecule has 0 saturated heterocycles. The number of carboxylic acid groups (broad SMARTS) is 1. The maximum Gasteiger partial charge on any atom is 0.335 e. The van der Waals surface area contributed by atoms with E-state index in [2.05, 4.69) is 0 Å². The lowest BCUT2D eigenvalue weighted by atomic mass is 10.1. The first-order valence-corrected chi connectivity index (χ1v) is 8.69. The summed E-state index contributed by atoms with van der Waals surface area (Å²) in [4.78, 5) is 11.2. The Morgan fingerprint density at radius 2 is 1.88 bits per heavy atom. The van der Waals surface area contributed by atoms with E-state index in [-0.39, 0.29) is 23.8 Å². The van der Waals surface area contributed by atoms with Crippen LogP contribution in [-0.2, 0) is 16.4 Å². The lowest BCUT2D eigenvalue weighted by molar-refractivity contribution is 0.0697. The smallest absolute Gasteiger partial charge is 0.335 e. The highest BCUT2D eigenvalue weighted by Gasteiger charge is 2.32. The molecule has 0 radical (unpaired) electrons. The topological polar surface area (TPSA) is 93.1 Å². The number of fused-ring (bicyclic) bond motifs is 2. The van der Waals surface area contributed by atoms with Gasteiger partial charge >= 0.3 is 5.97 Å². The quantitative estimate of drug-likeness (QED) is 0.911. The average Bonchev–Trinajstić information content (AvgIpc) is 3.20. The molecule has 2 aromatic carbocycles. The molecule has 0 unspecified atom stereocenters. The van der Waals surface area contributed by atoms with Gasteiger partial charge in [-0.25, -0.2) is 13.2 Å². The second-order valence-electron chi connectivity index (χ2n) is 5.49. The van der Waals surface area contributed by atoms with Crippen molar-refractivity contribution in [3.8, 4) is 11.5 Å². The van der Waals surface area contributed by atoms with Gasteiger partial charge in [-0.2, -0.15) is 0 Å². The van der Waals surface area contributed by atoms with Crippen molar-refractivity contribution in [2.24, 2.45) is 0 Å². The van der Waals surface area contributed by atoms with E-state index >= 15 is 0 Å². The Labute approximate surface area is 138 Å². The van der Waals surface area contributed by atoms with Crippen LogP contribution in [0.5, 0.6) is 11.5 Å². The summed E-state index contributed by atoms with van der Waals surface area (Å²) in [5, 5.41) is 9.05. The fraction of sp³-hybridized carbons (Fsp3) is 0.188. The minimum absolute atomic E-state index is 0.0728. The van der Waals surface area contributed by atoms with Crippen molar-refractivity contribution in [1.82, 2.24) is 0 Å². The largest absolute Gasteiger partial charge is 0.478 e. The first kappa shape index (κ1) is 14.8. The first-order chi connectivity index (χ1) is 11.5. The number of nitrogens with zero attached hydrogens (tertiary/aromatic N) is 1. The highest BCUT2D eigenvalue weighted by atomic mass is 32.2. The van der Waals surface area contributed by atoms with Gasteiger partial charge in [-0.15, -0.1) is 0 Å². The molecular weight excluding hydrogens is 334 g/mol. The Morgan fingerprint density at radius 3 is 2.67 bits per heavy atom. The molecular formula is C16H13NO6S. The van der Waals surface area contributed by atoms with Gasteiger partial charge in [-0.1, -0.05) is 0 Å². The highest BCUT2D eigenvalue weighted by Crippen LogP contribution is 2.38. The Morgan fingerprint density at radius 1 is 1.08 bits per heavy atom. The fourth-order valence-electron chi connectivity index (χ4n) is 2.92. The molecule has 0 fully saturated rings. The SMILES string of the molecule is O=C(O)c1ccc2c(c1)CCN2S(=O)(=O)c1ccc2c(c1)OCO2. The summed E-state index contributed by atoms with van der Waals surface area (Å²) in [7, 11) is -3.76. The van der Waals surface area contributed by atoms with Crippen LogP contribution in [0.3, 0.4) is 0 Å². The number of benzene rings is 2. The zero-order valence-corrected chi connectivity index (χ0v) is 13.2. The molecule has 2 aliphatic heterocycles. The van der Waals surface area contributed by atoms with E-state index < -0.39 is 16.0 Å². The normalized spacial score (nSPS) is 15.4. The molecule has 1 N–H and O–H groups in total. The number of carboxylic acids is 1. The third-order valence-corrected chi connectivity index (χ3v) is 5.92. The minimum Gasteiger partial charge on any atom is -0.478 e. The molecule has 124 valence electrons. The number of aromatic carboxylic acids is 1. The van der Waals surface area contributed by atoms with Crippen LogP contribution in [0.4, 0.5) is 5.69 Å². The molecule has 0 spiro atoms. The molecule has 0 bridgehead atoms. The van der Waals surface area contributed by atoms with Crippen LogP contribution in [-0.4, -0.2) is 32.8 Å². The lowest BCUT2D eigenvalue weighted by Crippen LogP contribution is -2.29. The Balaban J connectivity index is 1.74. The number of carbonyl (C=O) groups is 1. The van der Waals surface area contributed by atoms with Gasteiger partial charge in [0.25, 0.3) is 10.0 Å². The van der Waals surface area contributed by atoms with Crippen LogP contribution in [0.2, 0.25) is 0 Å². The van der Waals surface area contributed by atoms with Gasteiger partial charge in [0.2, 0.25) is 6.79 Å². The molecule has 4 rings (SSSR count). The first-order valence-electron chi connectivity index (χ1n) is 7.25. The lowest BCUT2D eigenvalue weighted by Gasteiger charge is -2.19. The molecule has 0 saturated carbocycles. The number of anilines is 1. The van der Waals surface area contributed by atoms with Crippen LogP contribution in [0.25, 0.3) is 0 Å². The standard InChI is InChI=1S/C16H13NO6S/c18-16(19)11-1-3-13-10(7-11)5-6-17(13)24(20,21)12-2-4-14-15(8-12)23-9-22-14/h1-4,7-8H,5-6,9H2,(H,18,19). The minimum atomic E-state index is -3.76. The van der Waals surface area contributed by atoms with Gasteiger partial charge < -0.3 is 14.6 Å². The van der Waals surface area contributed by atoms with Crippen LogP contribution >= 0.6 is 0 Å². The van der Waals surface area contributed by atoms with Crippen molar-refractivity contribution in [3.63, 3.8) is 0 Å². The van der Waals surface area contributed by atoms with Gasteiger partial charge in [-0.3, -0.25) is 4.31 Å². The summed E-state index contributed by atoms with van der Waals surface area (Å²) in [5.41, 5.74) is 1.37. The predicted octanol–water partition coefficient (Wildman–Crippen LogP) is 1.86. The molecule has 2 aromatic rings. The number of hydrogen-bond acceptors (Lipinski definition) is 5. The van der Waals surface area contributed by atoms with Gasteiger partial charge in [-0.05, 0) is 42.3 Å². The molecule has 0 aromatic heterocycles. The van der Waals surface area contributed by atoms with Gasteiger partial charge in [0.1, 0.15) is 0 Å². The molecule has 7 nitrogen and oxygen atoms in total. The van der Waals surface area contributed by atoms with E-state index in [9.17, 15) is 13.2 Å². The number of hydrogen-bond donors (Lipinski definition) is 1. The predicted molar refractivity (Wildman–Crippen MR) is 84.2 cm³/mol. The number of ether oxygens (including phenoxy) is 2. The second kappa shape index (κ2) is 5.13. The summed E-state index contributed by atoms with van der Waals surface area (Å²) in [6.45, 7) is 0.346. The van der Waals surface area contributed by atoms with Crippen molar-refractivity contribution < 1.29 is 27.8 Å². The monoisotopic (exact) mass is 347 g/mol. The van der Waals surface area contributed by atoms with Crippen molar-refractivity contribution >= 4 is 21.7 Å². The maximum atomic E-state index is 12.9. The van der Waals surface area contributed by atoms with Gasteiger partial charge in [0.05, 0.1) is 16.1 Å². The average molecular weight is 347 g/mol. The van der Waals surface area contributed by atoms with Gasteiger partial charge in [0, 0.05) is 12.6 Å². The van der Waals surface area contributed by atoms with Crippen molar-refractivity contribution in [1.29, 1.82) is 0 Å². The van der Waals surface area contributed by atoms with E-state index in [1.54, 1.807) is 6.07 Å². The third kappa shape index (κ3) is 2.18. The molecule has 2 heterocycles. The van der Waals surface area contributed by atoms with Crippen molar-refractivity contribution in [2.75, 3.05) is 17.6 Å². The molecule has 24 heavy (non-hydrogen) atoms. The van der Waals surface area contributed by atoms with E-state index in [0.29, 0.717) is 29.2 Å². The molecule has 2 aliphatic rings. The second-order valence-corrected chi connectivity index (χ2v) is 7.35. The molecule has 0 aliphatic carbocycles. The van der Waals surface area contributed by atoms with E-state index in [0.717, 1.165) is 0 Å². The van der Waals surface area contributed by atoms with Crippen molar-refractivity contribution in [2.45, 2.75) is 11.3 Å². The highest BCUT2D eigenvalue weighted by molar-refractivity contribution is 7.92. The van der Waals surface area contributed by atoms with Crippen LogP contribution in [0.1, 0.15) is 15.9 Å². The Hall–Kier alpha value is -2.74. The zero-order chi connectivity index (χ0) is 16.9. The van der Waals surface area contributed by atoms with Crippen molar-refractivity contribution in [3.05, 3.63) is 47.5 Å². The Kier molecular flexibility index (Phi) is 3.17. The van der Waals surface area contributed by atoms with E-state index in [1.165, 1.54) is 34.6 Å². The number of sulfonamides is 1. The number of rotatable bonds is 3. The summed E-state index contributed by atoms with van der Waals surface area (Å²) in [5.74, 6) is -0.117.